The molecule has 0 heterocycles. The standard InChI is InChI=1S/C16H16F3NO4S/c1-3-24-14-9-6-12(10-15(14)23-2)20-25(21,22)13-7-4-11(5-8-13)16(17,18)19/h4-10,20H,3H2,1-2H3. The van der Waals surface area contributed by atoms with Crippen LogP contribution in [0.25, 0.3) is 0 Å². The second kappa shape index (κ2) is 7.22. The van der Waals surface area contributed by atoms with E-state index in [9.17, 15) is 21.6 Å². The topological polar surface area (TPSA) is 64.6 Å². The van der Waals surface area contributed by atoms with Gasteiger partial charge in [-0.25, -0.2) is 8.42 Å². The third-order valence-electron chi connectivity index (χ3n) is 3.21. The molecule has 0 aliphatic heterocycles. The van der Waals surface area contributed by atoms with E-state index < -0.39 is 21.8 Å². The minimum Gasteiger partial charge on any atom is -0.493 e. The quantitative estimate of drug-likeness (QED) is 0.831. The first-order chi connectivity index (χ1) is 11.7. The zero-order valence-electron chi connectivity index (χ0n) is 13.4. The summed E-state index contributed by atoms with van der Waals surface area (Å²) >= 11 is 0. The van der Waals surface area contributed by atoms with Gasteiger partial charge in [0.1, 0.15) is 0 Å². The summed E-state index contributed by atoms with van der Waals surface area (Å²) in [5.74, 6) is 0.775. The molecule has 0 bridgehead atoms. The molecule has 25 heavy (non-hydrogen) atoms. The Bertz CT molecular complexity index is 833. The number of ether oxygens (including phenoxy) is 2. The number of hydrogen-bond donors (Lipinski definition) is 1. The third-order valence-corrected chi connectivity index (χ3v) is 4.60. The molecule has 2 aromatic carbocycles. The van der Waals surface area contributed by atoms with E-state index in [4.69, 9.17) is 9.47 Å². The first kappa shape index (κ1) is 18.9. The molecule has 0 saturated carbocycles. The molecule has 0 unspecified atom stereocenters. The monoisotopic (exact) mass is 375 g/mol. The van der Waals surface area contributed by atoms with E-state index in [1.807, 2.05) is 0 Å². The molecule has 0 aromatic heterocycles. The Morgan fingerprint density at radius 3 is 2.20 bits per heavy atom. The summed E-state index contributed by atoms with van der Waals surface area (Å²) in [6, 6.07) is 7.66. The fraction of sp³-hybridized carbons (Fsp3) is 0.250. The van der Waals surface area contributed by atoms with E-state index in [1.54, 1.807) is 6.92 Å². The van der Waals surface area contributed by atoms with Crippen LogP contribution in [0.1, 0.15) is 12.5 Å². The normalized spacial score (nSPS) is 11.9. The second-order valence-corrected chi connectivity index (χ2v) is 6.61. The van der Waals surface area contributed by atoms with Gasteiger partial charge in [0, 0.05) is 6.07 Å². The molecule has 1 N–H and O–H groups in total. The van der Waals surface area contributed by atoms with Gasteiger partial charge in [-0.1, -0.05) is 0 Å². The molecule has 0 atom stereocenters. The van der Waals surface area contributed by atoms with Crippen LogP contribution in [0.15, 0.2) is 47.4 Å². The van der Waals surface area contributed by atoms with Crippen LogP contribution in [0.3, 0.4) is 0 Å². The number of sulfonamides is 1. The molecule has 0 aliphatic carbocycles. The van der Waals surface area contributed by atoms with E-state index in [0.29, 0.717) is 30.2 Å². The zero-order chi connectivity index (χ0) is 18.7. The van der Waals surface area contributed by atoms with Crippen molar-refractivity contribution in [1.82, 2.24) is 0 Å². The van der Waals surface area contributed by atoms with Crippen LogP contribution in [0.5, 0.6) is 11.5 Å². The summed E-state index contributed by atoms with van der Waals surface area (Å²) in [7, 11) is -2.63. The Morgan fingerprint density at radius 1 is 1.04 bits per heavy atom. The van der Waals surface area contributed by atoms with Crippen LogP contribution in [0.2, 0.25) is 0 Å². The van der Waals surface area contributed by atoms with Gasteiger partial charge >= 0.3 is 6.18 Å². The first-order valence-corrected chi connectivity index (χ1v) is 8.66. The fourth-order valence-electron chi connectivity index (χ4n) is 2.04. The first-order valence-electron chi connectivity index (χ1n) is 7.18. The van der Waals surface area contributed by atoms with E-state index in [-0.39, 0.29) is 10.6 Å². The molecule has 2 rings (SSSR count). The highest BCUT2D eigenvalue weighted by Crippen LogP contribution is 2.32. The summed E-state index contributed by atoms with van der Waals surface area (Å²) in [6.45, 7) is 2.20. The lowest BCUT2D eigenvalue weighted by molar-refractivity contribution is -0.137. The predicted octanol–water partition coefficient (Wildman–Crippen LogP) is 3.91. The summed E-state index contributed by atoms with van der Waals surface area (Å²) in [4.78, 5) is -0.284. The summed E-state index contributed by atoms with van der Waals surface area (Å²) in [5, 5.41) is 0. The number of nitrogens with one attached hydrogen (secondary N) is 1. The van der Waals surface area contributed by atoms with E-state index in [0.717, 1.165) is 12.1 Å². The van der Waals surface area contributed by atoms with Gasteiger partial charge in [-0.3, -0.25) is 4.72 Å². The molecular weight excluding hydrogens is 359 g/mol. The van der Waals surface area contributed by atoms with Crippen LogP contribution in [-0.2, 0) is 16.2 Å². The van der Waals surface area contributed by atoms with Crippen LogP contribution in [0.4, 0.5) is 18.9 Å². The average Bonchev–Trinajstić information content (AvgIpc) is 2.55. The largest absolute Gasteiger partial charge is 0.493 e. The lowest BCUT2D eigenvalue weighted by Crippen LogP contribution is -2.14. The molecule has 5 nitrogen and oxygen atoms in total. The highest BCUT2D eigenvalue weighted by Gasteiger charge is 2.30. The number of methoxy groups -OCH3 is 1. The van der Waals surface area contributed by atoms with E-state index in [1.165, 1.54) is 25.3 Å². The Hall–Kier alpha value is -2.42. The number of hydrogen-bond acceptors (Lipinski definition) is 4. The van der Waals surface area contributed by atoms with Crippen molar-refractivity contribution >= 4 is 15.7 Å². The SMILES string of the molecule is CCOc1ccc(NS(=O)(=O)c2ccc(C(F)(F)F)cc2)cc1OC. The number of rotatable bonds is 6. The van der Waals surface area contributed by atoms with Crippen LogP contribution >= 0.6 is 0 Å². The minimum absolute atomic E-state index is 0.195. The van der Waals surface area contributed by atoms with E-state index in [2.05, 4.69) is 4.72 Å². The molecule has 2 aromatic rings. The number of anilines is 1. The van der Waals surface area contributed by atoms with Crippen LogP contribution in [-0.4, -0.2) is 22.1 Å². The molecule has 0 spiro atoms. The van der Waals surface area contributed by atoms with Gasteiger partial charge in [-0.2, -0.15) is 13.2 Å². The Balaban J connectivity index is 2.26. The maximum atomic E-state index is 12.6. The van der Waals surface area contributed by atoms with Gasteiger partial charge in [0.15, 0.2) is 11.5 Å². The van der Waals surface area contributed by atoms with Gasteiger partial charge in [-0.15, -0.1) is 0 Å². The highest BCUT2D eigenvalue weighted by molar-refractivity contribution is 7.92. The molecule has 0 radical (unpaired) electrons. The average molecular weight is 375 g/mol. The highest BCUT2D eigenvalue weighted by atomic mass is 32.2. The van der Waals surface area contributed by atoms with Crippen molar-refractivity contribution < 1.29 is 31.1 Å². The Morgan fingerprint density at radius 2 is 1.68 bits per heavy atom. The summed E-state index contributed by atoms with van der Waals surface area (Å²) < 4.78 is 75.0. The van der Waals surface area contributed by atoms with Gasteiger partial charge in [0.2, 0.25) is 0 Å². The molecule has 136 valence electrons. The van der Waals surface area contributed by atoms with E-state index >= 15 is 0 Å². The van der Waals surface area contributed by atoms with Gasteiger partial charge in [0.05, 0.1) is 29.9 Å². The molecule has 0 saturated heterocycles. The van der Waals surface area contributed by atoms with Crippen molar-refractivity contribution in [3.8, 4) is 11.5 Å². The molecule has 9 heteroatoms. The number of halogens is 3. The van der Waals surface area contributed by atoms with Crippen molar-refractivity contribution in [3.63, 3.8) is 0 Å². The van der Waals surface area contributed by atoms with Crippen LogP contribution < -0.4 is 14.2 Å². The maximum Gasteiger partial charge on any atom is 0.416 e. The Kier molecular flexibility index (Phi) is 5.46. The maximum absolute atomic E-state index is 12.6. The molecular formula is C16H16F3NO4S. The molecule has 0 amide bonds. The van der Waals surface area contributed by atoms with Crippen molar-refractivity contribution in [2.75, 3.05) is 18.4 Å². The second-order valence-electron chi connectivity index (χ2n) is 4.93. The number of alkyl halides is 3. The predicted molar refractivity (Wildman–Crippen MR) is 86.4 cm³/mol. The van der Waals surface area contributed by atoms with Crippen LogP contribution in [0, 0.1) is 0 Å². The fourth-order valence-corrected chi connectivity index (χ4v) is 3.09. The van der Waals surface area contributed by atoms with Crippen molar-refractivity contribution in [3.05, 3.63) is 48.0 Å². The number of benzene rings is 2. The third kappa shape index (κ3) is 4.56. The summed E-state index contributed by atoms with van der Waals surface area (Å²) in [5.41, 5.74) is -0.727. The molecule has 0 fully saturated rings. The molecule has 0 aliphatic rings. The van der Waals surface area contributed by atoms with Crippen molar-refractivity contribution in [1.29, 1.82) is 0 Å². The smallest absolute Gasteiger partial charge is 0.416 e. The van der Waals surface area contributed by atoms with Gasteiger partial charge < -0.3 is 9.47 Å². The lowest BCUT2D eigenvalue weighted by atomic mass is 10.2. The van der Waals surface area contributed by atoms with Gasteiger partial charge in [0.25, 0.3) is 10.0 Å². The van der Waals surface area contributed by atoms with Crippen molar-refractivity contribution in [2.45, 2.75) is 18.0 Å². The van der Waals surface area contributed by atoms with Gasteiger partial charge in [-0.05, 0) is 43.3 Å². The minimum atomic E-state index is -4.53. The zero-order valence-corrected chi connectivity index (χ0v) is 14.2. The summed E-state index contributed by atoms with van der Waals surface area (Å²) in [6.07, 6.45) is -4.53. The Labute approximate surface area is 143 Å². The lowest BCUT2D eigenvalue weighted by Gasteiger charge is -2.13. The van der Waals surface area contributed by atoms with Crippen molar-refractivity contribution in [2.24, 2.45) is 0 Å².